The third-order valence-corrected chi connectivity index (χ3v) is 8.19. The lowest BCUT2D eigenvalue weighted by Crippen LogP contribution is -2.28. The zero-order chi connectivity index (χ0) is 22.9. The molecule has 1 atom stereocenters. The molecular weight excluding hydrogens is 420 g/mol. The van der Waals surface area contributed by atoms with Gasteiger partial charge in [0.2, 0.25) is 0 Å². The van der Waals surface area contributed by atoms with Gasteiger partial charge in [-0.1, -0.05) is 61.2 Å². The molecule has 1 N–H and O–H groups in total. The van der Waals surface area contributed by atoms with Crippen LogP contribution in [-0.2, 0) is 0 Å². The number of rotatable bonds is 5. The summed E-state index contributed by atoms with van der Waals surface area (Å²) in [5.41, 5.74) is 13.5. The fraction of sp³-hybridized carbons (Fsp3) is 0.367. The predicted octanol–water partition coefficient (Wildman–Crippen LogP) is 8.94. The molecule has 33 heavy (non-hydrogen) atoms. The summed E-state index contributed by atoms with van der Waals surface area (Å²) in [5.74, 6) is 0.737. The summed E-state index contributed by atoms with van der Waals surface area (Å²) >= 11 is 1.70. The van der Waals surface area contributed by atoms with E-state index in [1.807, 2.05) is 5.51 Å². The molecule has 4 aromatic rings. The lowest BCUT2D eigenvalue weighted by molar-refractivity contribution is 0.328. The number of hydrogen-bond donors (Lipinski definition) is 1. The minimum absolute atomic E-state index is 0.444. The molecule has 1 heterocycles. The third-order valence-electron chi connectivity index (χ3n) is 7.38. The lowest BCUT2D eigenvalue weighted by atomic mass is 9.83. The first-order valence-corrected chi connectivity index (χ1v) is 13.2. The molecule has 0 spiro atoms. The molecule has 0 radical (unpaired) electrons. The number of fused-ring (bicyclic) bond motifs is 1. The largest absolute Gasteiger partial charge is 0.381 e. The van der Waals surface area contributed by atoms with Gasteiger partial charge >= 0.3 is 0 Å². The fourth-order valence-corrected chi connectivity index (χ4v) is 6.43. The summed E-state index contributed by atoms with van der Waals surface area (Å²) in [6.45, 7) is 9.07. The van der Waals surface area contributed by atoms with Crippen molar-refractivity contribution in [1.29, 1.82) is 0 Å². The van der Waals surface area contributed by atoms with Crippen molar-refractivity contribution in [2.24, 2.45) is 5.92 Å². The smallest absolute Gasteiger partial charge is 0.0818 e. The van der Waals surface area contributed by atoms with Gasteiger partial charge in [-0.15, -0.1) is 11.3 Å². The Hall–Kier alpha value is -2.65. The fourth-order valence-electron chi connectivity index (χ4n) is 5.77. The maximum absolute atomic E-state index is 4.59. The van der Waals surface area contributed by atoms with Crippen LogP contribution in [0.4, 0.5) is 5.69 Å². The Labute approximate surface area is 202 Å². The van der Waals surface area contributed by atoms with Crippen molar-refractivity contribution in [2.75, 3.05) is 5.32 Å². The number of nitrogens with zero attached hydrogens (tertiary/aromatic N) is 1. The first-order chi connectivity index (χ1) is 16.0. The van der Waals surface area contributed by atoms with Gasteiger partial charge in [0.05, 0.1) is 21.4 Å². The minimum atomic E-state index is 0.444. The van der Waals surface area contributed by atoms with Gasteiger partial charge in [-0.3, -0.25) is 0 Å². The van der Waals surface area contributed by atoms with Gasteiger partial charge < -0.3 is 5.32 Å². The molecule has 5 rings (SSSR count). The number of thiazole rings is 1. The van der Waals surface area contributed by atoms with Gasteiger partial charge in [0, 0.05) is 17.2 Å². The van der Waals surface area contributed by atoms with Crippen LogP contribution < -0.4 is 5.32 Å². The molecule has 1 aromatic heterocycles. The van der Waals surface area contributed by atoms with Gasteiger partial charge in [0.15, 0.2) is 0 Å². The summed E-state index contributed by atoms with van der Waals surface area (Å²) in [6, 6.07) is 18.6. The average Bonchev–Trinajstić information content (AvgIpc) is 3.28. The molecule has 0 bridgehead atoms. The van der Waals surface area contributed by atoms with E-state index in [0.717, 1.165) is 11.4 Å². The Morgan fingerprint density at radius 2 is 1.64 bits per heavy atom. The Bertz CT molecular complexity index is 1260. The van der Waals surface area contributed by atoms with E-state index < -0.39 is 0 Å². The SMILES string of the molecule is Cc1cc(C)c(-c2cccc(-c3ccc4scnc4c3)c2NC(C)C2CCCCC2)c(C)c1. The van der Waals surface area contributed by atoms with E-state index in [4.69, 9.17) is 0 Å². The highest BCUT2D eigenvalue weighted by atomic mass is 32.1. The second-order valence-electron chi connectivity index (χ2n) is 9.87. The molecule has 170 valence electrons. The molecular formula is C30H34N2S. The molecule has 1 saturated carbocycles. The monoisotopic (exact) mass is 454 g/mol. The van der Waals surface area contributed by atoms with Crippen LogP contribution in [-0.4, -0.2) is 11.0 Å². The second-order valence-corrected chi connectivity index (χ2v) is 10.8. The summed E-state index contributed by atoms with van der Waals surface area (Å²) in [4.78, 5) is 4.59. The predicted molar refractivity (Wildman–Crippen MR) is 144 cm³/mol. The van der Waals surface area contributed by atoms with Crippen molar-refractivity contribution in [3.63, 3.8) is 0 Å². The second kappa shape index (κ2) is 9.30. The van der Waals surface area contributed by atoms with Gasteiger partial charge in [-0.05, 0) is 80.8 Å². The topological polar surface area (TPSA) is 24.9 Å². The summed E-state index contributed by atoms with van der Waals surface area (Å²) in [6.07, 6.45) is 6.78. The van der Waals surface area contributed by atoms with Crippen LogP contribution in [0, 0.1) is 26.7 Å². The minimum Gasteiger partial charge on any atom is -0.381 e. The van der Waals surface area contributed by atoms with Crippen LogP contribution in [0.3, 0.4) is 0 Å². The molecule has 0 saturated heterocycles. The highest BCUT2D eigenvalue weighted by Gasteiger charge is 2.23. The van der Waals surface area contributed by atoms with Gasteiger partial charge in [0.1, 0.15) is 0 Å². The molecule has 1 aliphatic carbocycles. The number of para-hydroxylation sites is 1. The average molecular weight is 455 g/mol. The van der Waals surface area contributed by atoms with Crippen molar-refractivity contribution in [2.45, 2.75) is 65.8 Å². The standard InChI is InChI=1S/C30H34N2S/c1-19-15-20(2)29(21(3)16-19)26-12-8-11-25(24-13-14-28-27(17-24)31-18-33-28)30(26)32-22(4)23-9-6-5-7-10-23/h8,11-18,22-23,32H,5-7,9-10H2,1-4H3. The Morgan fingerprint density at radius 3 is 2.39 bits per heavy atom. The van der Waals surface area contributed by atoms with Crippen LogP contribution >= 0.6 is 11.3 Å². The van der Waals surface area contributed by atoms with E-state index in [1.165, 1.54) is 81.4 Å². The molecule has 3 heteroatoms. The Morgan fingerprint density at radius 1 is 0.909 bits per heavy atom. The summed E-state index contributed by atoms with van der Waals surface area (Å²) in [7, 11) is 0. The summed E-state index contributed by atoms with van der Waals surface area (Å²) in [5, 5.41) is 4.04. The van der Waals surface area contributed by atoms with Crippen molar-refractivity contribution in [3.05, 3.63) is 70.7 Å². The van der Waals surface area contributed by atoms with E-state index in [9.17, 15) is 0 Å². The first-order valence-electron chi connectivity index (χ1n) is 12.3. The number of benzene rings is 3. The zero-order valence-corrected chi connectivity index (χ0v) is 21.1. The van der Waals surface area contributed by atoms with Crippen LogP contribution in [0.1, 0.15) is 55.7 Å². The molecule has 0 aliphatic heterocycles. The Balaban J connectivity index is 1.66. The number of aromatic nitrogens is 1. The first kappa shape index (κ1) is 22.2. The zero-order valence-electron chi connectivity index (χ0n) is 20.2. The Kier molecular flexibility index (Phi) is 6.25. The van der Waals surface area contributed by atoms with E-state index in [1.54, 1.807) is 11.3 Å². The maximum atomic E-state index is 4.59. The lowest BCUT2D eigenvalue weighted by Gasteiger charge is -2.31. The van der Waals surface area contributed by atoms with Crippen LogP contribution in [0.15, 0.2) is 54.0 Å². The number of aryl methyl sites for hydroxylation is 3. The molecule has 0 amide bonds. The van der Waals surface area contributed by atoms with Gasteiger partial charge in [0.25, 0.3) is 0 Å². The van der Waals surface area contributed by atoms with Crippen molar-refractivity contribution in [3.8, 4) is 22.3 Å². The quantitative estimate of drug-likeness (QED) is 0.325. The molecule has 1 fully saturated rings. The maximum Gasteiger partial charge on any atom is 0.0818 e. The van der Waals surface area contributed by atoms with E-state index in [0.29, 0.717) is 6.04 Å². The summed E-state index contributed by atoms with van der Waals surface area (Å²) < 4.78 is 1.24. The van der Waals surface area contributed by atoms with E-state index >= 15 is 0 Å². The third kappa shape index (κ3) is 4.44. The molecule has 1 unspecified atom stereocenters. The number of nitrogens with one attached hydrogen (secondary N) is 1. The van der Waals surface area contributed by atoms with Crippen molar-refractivity contribution < 1.29 is 0 Å². The van der Waals surface area contributed by atoms with Gasteiger partial charge in [-0.25, -0.2) is 4.98 Å². The highest BCUT2D eigenvalue weighted by Crippen LogP contribution is 2.42. The van der Waals surface area contributed by atoms with Crippen LogP contribution in [0.25, 0.3) is 32.5 Å². The van der Waals surface area contributed by atoms with E-state index in [-0.39, 0.29) is 0 Å². The van der Waals surface area contributed by atoms with Gasteiger partial charge in [-0.2, -0.15) is 0 Å². The molecule has 1 aliphatic rings. The normalized spacial score (nSPS) is 15.6. The van der Waals surface area contributed by atoms with Crippen LogP contribution in [0.5, 0.6) is 0 Å². The number of anilines is 1. The van der Waals surface area contributed by atoms with Crippen LogP contribution in [0.2, 0.25) is 0 Å². The molecule has 3 aromatic carbocycles. The number of hydrogen-bond acceptors (Lipinski definition) is 3. The highest BCUT2D eigenvalue weighted by molar-refractivity contribution is 7.16. The van der Waals surface area contributed by atoms with E-state index in [2.05, 4.69) is 86.5 Å². The molecule has 2 nitrogen and oxygen atoms in total. The van der Waals surface area contributed by atoms with Crippen molar-refractivity contribution in [1.82, 2.24) is 4.98 Å². The van der Waals surface area contributed by atoms with Crippen molar-refractivity contribution >= 4 is 27.2 Å².